The second-order valence-electron chi connectivity index (χ2n) is 12.6. The fraction of sp³-hybridized carbons (Fsp3) is 0.600. The van der Waals surface area contributed by atoms with E-state index in [2.05, 4.69) is 49.0 Å². The maximum atomic E-state index is 5.80. The molecule has 2 aliphatic rings. The molecule has 0 fully saturated rings. The quantitative estimate of drug-likeness (QED) is 0.159. The van der Waals surface area contributed by atoms with E-state index in [0.29, 0.717) is 0 Å². The van der Waals surface area contributed by atoms with E-state index in [0.717, 1.165) is 105 Å². The zero-order chi connectivity index (χ0) is 29.2. The van der Waals surface area contributed by atoms with Crippen LogP contribution in [0.2, 0.25) is 0 Å². The van der Waals surface area contributed by atoms with E-state index in [1.165, 1.54) is 20.9 Å². The van der Waals surface area contributed by atoms with Crippen molar-refractivity contribution in [1.82, 2.24) is 9.13 Å². The lowest BCUT2D eigenvalue weighted by atomic mass is 9.85. The first kappa shape index (κ1) is 33.2. The Morgan fingerprint density at radius 3 is 1.48 bits per heavy atom. The number of hydrogen-bond acceptors (Lipinski definition) is 8. The van der Waals surface area contributed by atoms with Crippen LogP contribution in [0.25, 0.3) is 0 Å². The summed E-state index contributed by atoms with van der Waals surface area (Å²) in [6.45, 7) is 11.0. The maximum Gasteiger partial charge on any atom is 0.107 e. The highest BCUT2D eigenvalue weighted by molar-refractivity contribution is 8.00. The summed E-state index contributed by atoms with van der Waals surface area (Å²) >= 11 is 36.6. The van der Waals surface area contributed by atoms with Crippen molar-refractivity contribution in [2.45, 2.75) is 112 Å². The van der Waals surface area contributed by atoms with Gasteiger partial charge in [-0.2, -0.15) is 0 Å². The summed E-state index contributed by atoms with van der Waals surface area (Å²) in [5.74, 6) is 2.25. The van der Waals surface area contributed by atoms with Crippen LogP contribution in [0.4, 0.5) is 0 Å². The smallest absolute Gasteiger partial charge is 0.107 e. The van der Waals surface area contributed by atoms with Gasteiger partial charge in [-0.1, -0.05) is 76.6 Å². The number of rotatable bonds is 13. The second kappa shape index (κ2) is 14.0. The summed E-state index contributed by atoms with van der Waals surface area (Å²) in [6, 6.07) is 4.31. The number of pyridine rings is 2. The number of hydrogen-bond donors (Lipinski definition) is 2. The van der Waals surface area contributed by atoms with Gasteiger partial charge in [-0.25, -0.2) is 0 Å². The molecule has 218 valence electrons. The van der Waals surface area contributed by atoms with E-state index < -0.39 is 0 Å². The Morgan fingerprint density at radius 2 is 1.10 bits per heavy atom. The first-order valence-electron chi connectivity index (χ1n) is 14.0. The number of thiol groups is 2. The number of nitrogens with zero attached hydrogens (tertiary/aromatic N) is 2. The predicted molar refractivity (Wildman–Crippen MR) is 194 cm³/mol. The van der Waals surface area contributed by atoms with Gasteiger partial charge in [-0.15, -0.1) is 48.8 Å². The number of aromatic nitrogens is 2. The molecule has 2 nitrogen and oxygen atoms in total. The average Bonchev–Trinajstić information content (AvgIpc) is 3.55. The van der Waals surface area contributed by atoms with Crippen molar-refractivity contribution in [2.75, 3.05) is 11.5 Å². The monoisotopic (exact) mass is 684 g/mol. The Kier molecular flexibility index (Phi) is 11.6. The highest BCUT2D eigenvalue weighted by Gasteiger charge is 2.25. The van der Waals surface area contributed by atoms with Gasteiger partial charge >= 0.3 is 0 Å². The normalized spacial score (nSPS) is 14.8. The molecule has 40 heavy (non-hydrogen) atoms. The summed E-state index contributed by atoms with van der Waals surface area (Å²) in [5, 5.41) is 2.08. The zero-order valence-electron chi connectivity index (χ0n) is 23.9. The largest absolute Gasteiger partial charge is 0.327 e. The summed E-state index contributed by atoms with van der Waals surface area (Å²) < 4.78 is 6.19. The Labute approximate surface area is 281 Å². The molecule has 0 atom stereocenters. The minimum absolute atomic E-state index is 0.0770. The number of thioether (sulfide) groups is 2. The van der Waals surface area contributed by atoms with Crippen molar-refractivity contribution < 1.29 is 0 Å². The third kappa shape index (κ3) is 8.48. The number of thiocarbonyl (C=S) groups is 2. The van der Waals surface area contributed by atoms with E-state index in [1.54, 1.807) is 0 Å². The first-order chi connectivity index (χ1) is 18.8. The van der Waals surface area contributed by atoms with Crippen LogP contribution < -0.4 is 0 Å². The van der Waals surface area contributed by atoms with Crippen LogP contribution in [-0.2, 0) is 25.9 Å². The molecule has 0 spiro atoms. The Hall–Kier alpha value is 0.320. The minimum atomic E-state index is 0.0770. The van der Waals surface area contributed by atoms with Crippen molar-refractivity contribution >= 4 is 107 Å². The molecule has 0 saturated heterocycles. The highest BCUT2D eigenvalue weighted by atomic mass is 32.2. The van der Waals surface area contributed by atoms with Gasteiger partial charge in [0, 0.05) is 34.4 Å². The number of fused-ring (bicyclic) bond motifs is 2. The van der Waals surface area contributed by atoms with Gasteiger partial charge in [-0.3, -0.25) is 0 Å². The van der Waals surface area contributed by atoms with Crippen molar-refractivity contribution in [3.05, 3.63) is 32.5 Å². The van der Waals surface area contributed by atoms with Gasteiger partial charge in [0.2, 0.25) is 0 Å². The lowest BCUT2D eigenvalue weighted by Crippen LogP contribution is -2.23. The molecular formula is C30H40N2S8. The fourth-order valence-corrected chi connectivity index (χ4v) is 9.77. The third-order valence-electron chi connectivity index (χ3n) is 7.92. The Morgan fingerprint density at radius 1 is 0.725 bits per heavy atom. The van der Waals surface area contributed by atoms with Gasteiger partial charge in [0.25, 0.3) is 0 Å². The fourth-order valence-electron chi connectivity index (χ4n) is 5.37. The lowest BCUT2D eigenvalue weighted by Gasteiger charge is -2.28. The molecule has 0 N–H and O–H groups in total. The average molecular weight is 685 g/mol. The molecular weight excluding hydrogens is 645 g/mol. The van der Waals surface area contributed by atoms with Crippen LogP contribution in [-0.4, -0.2) is 30.4 Å². The molecule has 2 aromatic heterocycles. The van der Waals surface area contributed by atoms with Crippen LogP contribution in [0, 0.1) is 20.1 Å². The van der Waals surface area contributed by atoms with E-state index in [-0.39, 0.29) is 10.8 Å². The lowest BCUT2D eigenvalue weighted by molar-refractivity contribution is 0.274. The molecule has 2 aromatic rings. The second-order valence-corrected chi connectivity index (χ2v) is 17.7. The minimum Gasteiger partial charge on any atom is -0.327 e. The van der Waals surface area contributed by atoms with Gasteiger partial charge in [-0.05, 0) is 95.2 Å². The van der Waals surface area contributed by atoms with Gasteiger partial charge in [0.05, 0.1) is 10.1 Å². The van der Waals surface area contributed by atoms with Crippen molar-refractivity contribution in [2.24, 2.45) is 10.8 Å². The van der Waals surface area contributed by atoms with Crippen LogP contribution in [0.15, 0.2) is 32.0 Å². The molecule has 0 amide bonds. The summed E-state index contributed by atoms with van der Waals surface area (Å²) in [4.78, 5) is 4.86. The van der Waals surface area contributed by atoms with E-state index >= 15 is 0 Å². The highest BCUT2D eigenvalue weighted by Crippen LogP contribution is 2.38. The molecule has 0 radical (unpaired) electrons. The molecule has 0 unspecified atom stereocenters. The predicted octanol–water partition coefficient (Wildman–Crippen LogP) is 10.5. The molecule has 4 rings (SSSR count). The maximum absolute atomic E-state index is 5.80. The molecule has 0 aliphatic carbocycles. The van der Waals surface area contributed by atoms with Crippen molar-refractivity contribution in [3.63, 3.8) is 0 Å². The molecule has 0 bridgehead atoms. The molecule has 2 aliphatic heterocycles. The standard InChI is InChI=1S/C30H40N2S8/c1-29(2,17-31-25(35)15-23-21(27(31)37)9-13-39-23)11-7-19(33)5-6-20(34)8-12-30(3,4)18-32-26(36)16-24-22(28(32)38)10-14-40-24/h15-16,37-38H,5-14,17-18H2,1-4H3. The Bertz CT molecular complexity index is 1310. The SMILES string of the molecule is CC(C)(CCC(=S)CCC(=S)CCC(C)(C)Cn1c(S)c2c(cc1=S)SCC2)Cn1c(S)c2c(cc1=S)SCC2. The van der Waals surface area contributed by atoms with Crippen molar-refractivity contribution in [1.29, 1.82) is 0 Å². The van der Waals surface area contributed by atoms with E-state index in [1.807, 2.05) is 23.5 Å². The summed E-state index contributed by atoms with van der Waals surface area (Å²) in [7, 11) is 0. The summed E-state index contributed by atoms with van der Waals surface area (Å²) in [6.07, 6.45) is 7.87. The van der Waals surface area contributed by atoms with Crippen molar-refractivity contribution in [3.8, 4) is 0 Å². The van der Waals surface area contributed by atoms with Gasteiger partial charge < -0.3 is 9.13 Å². The van der Waals surface area contributed by atoms with E-state index in [4.69, 9.17) is 74.1 Å². The third-order valence-corrected chi connectivity index (χ3v) is 12.6. The van der Waals surface area contributed by atoms with Crippen LogP contribution in [0.3, 0.4) is 0 Å². The zero-order valence-corrected chi connectivity index (χ0v) is 30.6. The topological polar surface area (TPSA) is 9.86 Å². The molecule has 0 saturated carbocycles. The van der Waals surface area contributed by atoms with E-state index in [9.17, 15) is 0 Å². The summed E-state index contributed by atoms with van der Waals surface area (Å²) in [5.41, 5.74) is 2.86. The van der Waals surface area contributed by atoms with Gasteiger partial charge in [0.15, 0.2) is 0 Å². The van der Waals surface area contributed by atoms with Gasteiger partial charge in [0.1, 0.15) is 9.28 Å². The van der Waals surface area contributed by atoms with Crippen LogP contribution >= 0.6 is 97.7 Å². The van der Waals surface area contributed by atoms with Crippen LogP contribution in [0.5, 0.6) is 0 Å². The Balaban J connectivity index is 1.22. The first-order valence-corrected chi connectivity index (χ1v) is 18.5. The van der Waals surface area contributed by atoms with Crippen LogP contribution in [0.1, 0.15) is 77.3 Å². The molecule has 10 heteroatoms. The molecule has 0 aromatic carbocycles. The molecule has 4 heterocycles.